The molecule has 1 aromatic heterocycles. The smallest absolute Gasteiger partial charge is 0.324 e. The zero-order chi connectivity index (χ0) is 15.0. The Kier molecular flexibility index (Phi) is 3.55. The molecule has 1 aromatic carbocycles. The monoisotopic (exact) mass is 305 g/mol. The molecule has 4 nitrogen and oxygen atoms in total. The van der Waals surface area contributed by atoms with Crippen LogP contribution in [0.5, 0.6) is 0 Å². The van der Waals surface area contributed by atoms with Crippen molar-refractivity contribution in [1.29, 1.82) is 0 Å². The molecule has 0 saturated carbocycles. The van der Waals surface area contributed by atoms with Crippen molar-refractivity contribution in [1.82, 2.24) is 4.98 Å². The minimum absolute atomic E-state index is 0.0918. The maximum Gasteiger partial charge on any atom is 0.324 e. The number of pyridine rings is 1. The van der Waals surface area contributed by atoms with Crippen LogP contribution in [0.2, 0.25) is 6.82 Å². The first-order valence-corrected chi connectivity index (χ1v) is 8.18. The highest BCUT2D eigenvalue weighted by atomic mass is 32.2. The molecule has 21 heavy (non-hydrogen) atoms. The molecule has 0 saturated heterocycles. The Morgan fingerprint density at radius 2 is 2.24 bits per heavy atom. The fourth-order valence-electron chi connectivity index (χ4n) is 2.42. The Morgan fingerprint density at radius 3 is 2.95 bits per heavy atom. The average molecular weight is 305 g/mol. The van der Waals surface area contributed by atoms with E-state index in [9.17, 15) is 12.8 Å². The second-order valence-corrected chi connectivity index (χ2v) is 7.03. The number of benzene rings is 1. The minimum atomic E-state index is -3.61. The van der Waals surface area contributed by atoms with Crippen LogP contribution in [0, 0.1) is 5.82 Å². The second kappa shape index (κ2) is 5.24. The van der Waals surface area contributed by atoms with Gasteiger partial charge in [-0.05, 0) is 29.2 Å². The Balaban J connectivity index is 1.98. The van der Waals surface area contributed by atoms with E-state index in [-0.39, 0.29) is 23.1 Å². The lowest BCUT2D eigenvalue weighted by atomic mass is 9.64. The van der Waals surface area contributed by atoms with Crippen LogP contribution in [-0.4, -0.2) is 20.3 Å². The maximum absolute atomic E-state index is 14.1. The molecule has 2 heterocycles. The first kappa shape index (κ1) is 14.2. The molecule has 0 unspecified atom stereocenters. The number of fused-ring (bicyclic) bond motifs is 1. The zero-order valence-corrected chi connectivity index (χ0v) is 12.2. The highest BCUT2D eigenvalue weighted by molar-refractivity contribution is 7.90. The van der Waals surface area contributed by atoms with Crippen molar-refractivity contribution in [2.75, 3.05) is 0 Å². The van der Waals surface area contributed by atoms with Crippen molar-refractivity contribution in [3.63, 3.8) is 0 Å². The fourth-order valence-corrected chi connectivity index (χ4v) is 3.72. The SMILES string of the molecule is CB1OCc2cc(F)c(CS(=O)(=O)c3cccnc3)cc21. The standard InChI is InChI=1S/C14H13BFNO3S/c1-15-13-5-11(14(16)6-10(13)8-20-15)9-21(18,19)12-3-2-4-17-7-12/h2-7H,8-9H2,1H3. The highest BCUT2D eigenvalue weighted by Crippen LogP contribution is 2.20. The molecule has 1 aliphatic heterocycles. The molecular formula is C14H13BFNO3S. The lowest BCUT2D eigenvalue weighted by Gasteiger charge is -2.08. The van der Waals surface area contributed by atoms with E-state index in [0.717, 1.165) is 11.0 Å². The third kappa shape index (κ3) is 2.71. The summed E-state index contributed by atoms with van der Waals surface area (Å²) < 4.78 is 44.1. The van der Waals surface area contributed by atoms with Crippen molar-refractivity contribution in [2.24, 2.45) is 0 Å². The zero-order valence-electron chi connectivity index (χ0n) is 11.4. The predicted molar refractivity (Wildman–Crippen MR) is 77.6 cm³/mol. The average Bonchev–Trinajstić information content (AvgIpc) is 2.81. The molecule has 0 fully saturated rings. The molecule has 2 aromatic rings. The number of aromatic nitrogens is 1. The Morgan fingerprint density at radius 1 is 1.43 bits per heavy atom. The van der Waals surface area contributed by atoms with Crippen LogP contribution >= 0.6 is 0 Å². The molecule has 108 valence electrons. The van der Waals surface area contributed by atoms with Gasteiger partial charge in [0.25, 0.3) is 0 Å². The highest BCUT2D eigenvalue weighted by Gasteiger charge is 2.26. The summed E-state index contributed by atoms with van der Waals surface area (Å²) in [6, 6.07) is 5.96. The summed E-state index contributed by atoms with van der Waals surface area (Å²) in [4.78, 5) is 3.88. The second-order valence-electron chi connectivity index (χ2n) is 5.04. The van der Waals surface area contributed by atoms with E-state index in [4.69, 9.17) is 4.65 Å². The van der Waals surface area contributed by atoms with Gasteiger partial charge in [0, 0.05) is 18.0 Å². The summed E-state index contributed by atoms with van der Waals surface area (Å²) >= 11 is 0. The number of sulfone groups is 1. The lowest BCUT2D eigenvalue weighted by Crippen LogP contribution is -2.25. The van der Waals surface area contributed by atoms with Gasteiger partial charge in [0.1, 0.15) is 5.82 Å². The van der Waals surface area contributed by atoms with Crippen LogP contribution in [0.3, 0.4) is 0 Å². The summed E-state index contributed by atoms with van der Waals surface area (Å²) in [6.07, 6.45) is 2.76. The Labute approximate surface area is 123 Å². The van der Waals surface area contributed by atoms with Gasteiger partial charge in [-0.3, -0.25) is 4.98 Å². The normalized spacial score (nSPS) is 14.3. The van der Waals surface area contributed by atoms with Crippen molar-refractivity contribution in [3.05, 3.63) is 53.6 Å². The summed E-state index contributed by atoms with van der Waals surface area (Å²) in [5, 5.41) is 0. The van der Waals surface area contributed by atoms with Gasteiger partial charge in [-0.25, -0.2) is 12.8 Å². The number of halogens is 1. The molecule has 0 amide bonds. The number of nitrogens with zero attached hydrogens (tertiary/aromatic N) is 1. The van der Waals surface area contributed by atoms with Crippen molar-refractivity contribution in [3.8, 4) is 0 Å². The van der Waals surface area contributed by atoms with Gasteiger partial charge >= 0.3 is 6.92 Å². The third-order valence-electron chi connectivity index (χ3n) is 3.57. The van der Waals surface area contributed by atoms with Gasteiger partial charge < -0.3 is 4.65 Å². The van der Waals surface area contributed by atoms with Gasteiger partial charge in [0.2, 0.25) is 0 Å². The van der Waals surface area contributed by atoms with Gasteiger partial charge in [-0.1, -0.05) is 12.9 Å². The Bertz CT molecular complexity index is 780. The predicted octanol–water partition coefficient (Wildman–Crippen LogP) is 1.55. The van der Waals surface area contributed by atoms with E-state index in [1.165, 1.54) is 24.5 Å². The van der Waals surface area contributed by atoms with Crippen LogP contribution in [0.25, 0.3) is 0 Å². The minimum Gasteiger partial charge on any atom is -0.427 e. The summed E-state index contributed by atoms with van der Waals surface area (Å²) in [5.74, 6) is -0.899. The first-order valence-electron chi connectivity index (χ1n) is 6.53. The van der Waals surface area contributed by atoms with Gasteiger partial charge in [0.15, 0.2) is 9.84 Å². The van der Waals surface area contributed by atoms with E-state index < -0.39 is 15.7 Å². The molecule has 7 heteroatoms. The number of rotatable bonds is 3. The van der Waals surface area contributed by atoms with Crippen LogP contribution < -0.4 is 5.46 Å². The molecule has 0 atom stereocenters. The number of hydrogen-bond acceptors (Lipinski definition) is 4. The van der Waals surface area contributed by atoms with Gasteiger partial charge in [-0.2, -0.15) is 0 Å². The van der Waals surface area contributed by atoms with E-state index >= 15 is 0 Å². The van der Waals surface area contributed by atoms with E-state index in [1.807, 2.05) is 6.82 Å². The van der Waals surface area contributed by atoms with Crippen molar-refractivity contribution in [2.45, 2.75) is 24.1 Å². The van der Waals surface area contributed by atoms with Crippen molar-refractivity contribution < 1.29 is 17.5 Å². The molecular weight excluding hydrogens is 292 g/mol. The van der Waals surface area contributed by atoms with Crippen LogP contribution in [-0.2, 0) is 26.9 Å². The molecule has 0 spiro atoms. The molecule has 1 aliphatic rings. The van der Waals surface area contributed by atoms with Gasteiger partial charge in [-0.15, -0.1) is 0 Å². The number of hydrogen-bond donors (Lipinski definition) is 0. The topological polar surface area (TPSA) is 56.3 Å². The Hall–Kier alpha value is -1.73. The largest absolute Gasteiger partial charge is 0.427 e. The lowest BCUT2D eigenvalue weighted by molar-refractivity contribution is 0.333. The first-order chi connectivity index (χ1) is 9.97. The molecule has 0 N–H and O–H groups in total. The van der Waals surface area contributed by atoms with E-state index in [1.54, 1.807) is 12.1 Å². The molecule has 0 bridgehead atoms. The van der Waals surface area contributed by atoms with Crippen LogP contribution in [0.4, 0.5) is 4.39 Å². The molecule has 0 aliphatic carbocycles. The molecule has 0 radical (unpaired) electrons. The van der Waals surface area contributed by atoms with Crippen LogP contribution in [0.1, 0.15) is 11.1 Å². The fraction of sp³-hybridized carbons (Fsp3) is 0.214. The quantitative estimate of drug-likeness (QED) is 0.808. The molecule has 3 rings (SSSR count). The maximum atomic E-state index is 14.1. The van der Waals surface area contributed by atoms with Crippen LogP contribution in [0.15, 0.2) is 41.6 Å². The summed E-state index contributed by atoms with van der Waals surface area (Å²) in [7, 11) is -3.61. The van der Waals surface area contributed by atoms with E-state index in [0.29, 0.717) is 6.61 Å². The summed E-state index contributed by atoms with van der Waals surface area (Å²) in [6.45, 7) is 2.09. The van der Waals surface area contributed by atoms with Gasteiger partial charge in [0.05, 0.1) is 17.3 Å². The summed E-state index contributed by atoms with van der Waals surface area (Å²) in [5.41, 5.74) is 1.80. The van der Waals surface area contributed by atoms with E-state index in [2.05, 4.69) is 4.98 Å². The van der Waals surface area contributed by atoms with Crippen molar-refractivity contribution >= 4 is 22.2 Å². The third-order valence-corrected chi connectivity index (χ3v) is 5.22.